The molecule has 1 fully saturated rings. The van der Waals surface area contributed by atoms with E-state index in [0.717, 1.165) is 11.3 Å². The Labute approximate surface area is 181 Å². The summed E-state index contributed by atoms with van der Waals surface area (Å²) in [6, 6.07) is 1.68. The van der Waals surface area contributed by atoms with Crippen LogP contribution < -0.4 is 5.32 Å². The van der Waals surface area contributed by atoms with Crippen molar-refractivity contribution in [2.75, 3.05) is 19.8 Å². The maximum Gasteiger partial charge on any atom is 0.169 e. The first-order valence-corrected chi connectivity index (χ1v) is 10.7. The highest BCUT2D eigenvalue weighted by Crippen LogP contribution is 2.48. The number of nitrogens with zero attached hydrogens (tertiary/aromatic N) is 1. The minimum atomic E-state index is -1.52. The number of fused-ring (bicyclic) bond motifs is 2. The molecule has 1 saturated heterocycles. The van der Waals surface area contributed by atoms with Gasteiger partial charge in [0.25, 0.3) is 0 Å². The number of halogens is 4. The molecule has 0 radical (unpaired) electrons. The molecule has 3 nitrogen and oxygen atoms in total. The summed E-state index contributed by atoms with van der Waals surface area (Å²) in [5, 5.41) is 3.37. The molecule has 0 saturated carbocycles. The summed E-state index contributed by atoms with van der Waals surface area (Å²) >= 11 is 3.18. The molecule has 4 aliphatic rings. The van der Waals surface area contributed by atoms with Crippen LogP contribution in [0.1, 0.15) is 24.9 Å². The molecule has 7 heteroatoms. The Kier molecular flexibility index (Phi) is 4.85. The summed E-state index contributed by atoms with van der Waals surface area (Å²) in [5.41, 5.74) is 1.00. The van der Waals surface area contributed by atoms with Gasteiger partial charge in [-0.2, -0.15) is 0 Å². The van der Waals surface area contributed by atoms with Gasteiger partial charge in [-0.05, 0) is 59.1 Å². The standard InChI is InChI=1S/C23H20BrF3N2O/c1-13-9-15-14-5-3-2-4-6-18(14)28-21(15)22(29(13)10-23(27)11-30-12-23)19-17(25)8-7-16(24)20(19)26/h2,4,6-8,13-14,22,28H,9-12H2,1H3/t13-,14?,22-/m1/s1. The van der Waals surface area contributed by atoms with Crippen molar-refractivity contribution in [2.24, 2.45) is 5.92 Å². The minimum Gasteiger partial charge on any atom is -0.375 e. The number of nitrogens with one attached hydrogen (secondary N) is 1. The van der Waals surface area contributed by atoms with Crippen LogP contribution >= 0.6 is 15.9 Å². The first-order valence-electron chi connectivity index (χ1n) is 9.91. The summed E-state index contributed by atoms with van der Waals surface area (Å²) in [7, 11) is 0. The van der Waals surface area contributed by atoms with Gasteiger partial charge < -0.3 is 10.1 Å². The zero-order chi connectivity index (χ0) is 21.0. The van der Waals surface area contributed by atoms with Gasteiger partial charge in [0.2, 0.25) is 0 Å². The second kappa shape index (κ2) is 7.30. The molecule has 3 heterocycles. The molecule has 1 N–H and O–H groups in total. The molecular formula is C23H20BrF3N2O. The van der Waals surface area contributed by atoms with Crippen LogP contribution in [0.15, 0.2) is 51.8 Å². The van der Waals surface area contributed by atoms with Crippen LogP contribution in [0, 0.1) is 29.4 Å². The summed E-state index contributed by atoms with van der Waals surface area (Å²) < 4.78 is 50.6. The molecule has 3 atom stereocenters. The number of benzene rings is 1. The van der Waals surface area contributed by atoms with E-state index in [0.29, 0.717) is 12.1 Å². The van der Waals surface area contributed by atoms with Crippen LogP contribution in [-0.4, -0.2) is 36.4 Å². The molecule has 30 heavy (non-hydrogen) atoms. The lowest BCUT2D eigenvalue weighted by Gasteiger charge is -2.46. The lowest BCUT2D eigenvalue weighted by molar-refractivity contribution is -0.148. The van der Waals surface area contributed by atoms with E-state index in [1.54, 1.807) is 6.08 Å². The lowest BCUT2D eigenvalue weighted by atomic mass is 9.84. The predicted octanol–water partition coefficient (Wildman–Crippen LogP) is 4.53. The molecule has 0 spiro atoms. The first-order chi connectivity index (χ1) is 14.4. The largest absolute Gasteiger partial charge is 0.375 e. The topological polar surface area (TPSA) is 24.5 Å². The second-order valence-electron chi connectivity index (χ2n) is 8.30. The highest BCUT2D eigenvalue weighted by Gasteiger charge is 2.49. The SMILES string of the molecule is C[C@@H]1CC2=C(NC3=CC=CC#CC32)[C@@H](c2c(F)ccc(Br)c2F)N1CC1(F)COC1. The highest BCUT2D eigenvalue weighted by molar-refractivity contribution is 9.10. The van der Waals surface area contributed by atoms with Crippen molar-refractivity contribution in [3.05, 3.63) is 69.0 Å². The number of ether oxygens (including phenoxy) is 1. The monoisotopic (exact) mass is 476 g/mol. The van der Waals surface area contributed by atoms with E-state index < -0.39 is 23.3 Å². The molecule has 1 aromatic rings. The average Bonchev–Trinajstić information content (AvgIpc) is 2.86. The molecule has 1 unspecified atom stereocenters. The van der Waals surface area contributed by atoms with Crippen molar-refractivity contribution in [3.63, 3.8) is 0 Å². The molecule has 0 bridgehead atoms. The van der Waals surface area contributed by atoms with Crippen molar-refractivity contribution in [1.82, 2.24) is 10.2 Å². The van der Waals surface area contributed by atoms with Crippen molar-refractivity contribution < 1.29 is 17.9 Å². The van der Waals surface area contributed by atoms with Crippen LogP contribution in [0.2, 0.25) is 0 Å². The normalized spacial score (nSPS) is 29.1. The van der Waals surface area contributed by atoms with Gasteiger partial charge >= 0.3 is 0 Å². The van der Waals surface area contributed by atoms with Crippen molar-refractivity contribution in [1.29, 1.82) is 0 Å². The van der Waals surface area contributed by atoms with E-state index in [4.69, 9.17) is 4.74 Å². The van der Waals surface area contributed by atoms with Crippen LogP contribution in [0.4, 0.5) is 13.2 Å². The zero-order valence-electron chi connectivity index (χ0n) is 16.3. The van der Waals surface area contributed by atoms with E-state index in [1.165, 1.54) is 12.1 Å². The molecule has 1 aromatic carbocycles. The summed E-state index contributed by atoms with van der Waals surface area (Å²) in [6.45, 7) is 2.00. The maximum absolute atomic E-state index is 15.2. The van der Waals surface area contributed by atoms with Crippen molar-refractivity contribution in [3.8, 4) is 11.8 Å². The fourth-order valence-corrected chi connectivity index (χ4v) is 5.05. The lowest BCUT2D eigenvalue weighted by Crippen LogP contribution is -2.57. The molecule has 0 amide bonds. The predicted molar refractivity (Wildman–Crippen MR) is 111 cm³/mol. The Morgan fingerprint density at radius 1 is 1.33 bits per heavy atom. The number of allylic oxidation sites excluding steroid dienone is 4. The van der Waals surface area contributed by atoms with Gasteiger partial charge in [-0.15, -0.1) is 0 Å². The summed E-state index contributed by atoms with van der Waals surface area (Å²) in [5.74, 6) is 4.77. The number of hydrogen-bond donors (Lipinski definition) is 1. The smallest absolute Gasteiger partial charge is 0.169 e. The molecule has 0 aromatic heterocycles. The Morgan fingerprint density at radius 3 is 2.87 bits per heavy atom. The van der Waals surface area contributed by atoms with Gasteiger partial charge in [-0.1, -0.05) is 17.9 Å². The molecule has 1 aliphatic carbocycles. The summed E-state index contributed by atoms with van der Waals surface area (Å²) in [4.78, 5) is 1.86. The van der Waals surface area contributed by atoms with Gasteiger partial charge in [0, 0.05) is 29.5 Å². The van der Waals surface area contributed by atoms with Gasteiger partial charge in [-0.25, -0.2) is 13.2 Å². The zero-order valence-corrected chi connectivity index (χ0v) is 17.9. The van der Waals surface area contributed by atoms with E-state index in [-0.39, 0.29) is 41.8 Å². The Balaban J connectivity index is 1.66. The first kappa shape index (κ1) is 19.9. The van der Waals surface area contributed by atoms with E-state index >= 15 is 13.2 Å². The van der Waals surface area contributed by atoms with E-state index in [2.05, 4.69) is 33.1 Å². The quantitative estimate of drug-likeness (QED) is 0.512. The molecule has 156 valence electrons. The number of alkyl halides is 1. The van der Waals surface area contributed by atoms with Gasteiger partial charge in [0.15, 0.2) is 5.67 Å². The van der Waals surface area contributed by atoms with Gasteiger partial charge in [-0.3, -0.25) is 4.90 Å². The Hall–Kier alpha value is -2.01. The minimum absolute atomic E-state index is 0.00420. The van der Waals surface area contributed by atoms with Crippen molar-refractivity contribution >= 4 is 15.9 Å². The van der Waals surface area contributed by atoms with Crippen molar-refractivity contribution in [2.45, 2.75) is 31.1 Å². The highest BCUT2D eigenvalue weighted by atomic mass is 79.9. The fourth-order valence-electron chi connectivity index (χ4n) is 4.71. The fraction of sp³-hybridized carbons (Fsp3) is 0.391. The third kappa shape index (κ3) is 3.13. The third-order valence-electron chi connectivity index (χ3n) is 6.19. The van der Waals surface area contributed by atoms with Gasteiger partial charge in [0.1, 0.15) is 11.6 Å². The number of rotatable bonds is 3. The molecular weight excluding hydrogens is 457 g/mol. The second-order valence-corrected chi connectivity index (χ2v) is 9.15. The Morgan fingerprint density at radius 2 is 2.13 bits per heavy atom. The van der Waals surface area contributed by atoms with Crippen LogP contribution in [0.25, 0.3) is 0 Å². The summed E-state index contributed by atoms with van der Waals surface area (Å²) in [6.07, 6.45) is 6.20. The van der Waals surface area contributed by atoms with E-state index in [1.807, 2.05) is 24.0 Å². The molecule has 5 rings (SSSR count). The Bertz CT molecular complexity index is 1060. The van der Waals surface area contributed by atoms with Gasteiger partial charge in [0.05, 0.1) is 29.6 Å². The van der Waals surface area contributed by atoms with E-state index in [9.17, 15) is 0 Å². The molecule has 3 aliphatic heterocycles. The van der Waals surface area contributed by atoms with Crippen LogP contribution in [0.5, 0.6) is 0 Å². The van der Waals surface area contributed by atoms with Crippen LogP contribution in [-0.2, 0) is 4.74 Å². The average molecular weight is 477 g/mol. The number of hydrogen-bond acceptors (Lipinski definition) is 3. The maximum atomic E-state index is 15.2. The van der Waals surface area contributed by atoms with Crippen LogP contribution in [0.3, 0.4) is 0 Å². The third-order valence-corrected chi connectivity index (χ3v) is 6.81.